The second-order valence-corrected chi connectivity index (χ2v) is 10.8. The lowest BCUT2D eigenvalue weighted by molar-refractivity contribution is -0.131. The fourth-order valence-electron chi connectivity index (χ4n) is 5.10. The van der Waals surface area contributed by atoms with Crippen molar-refractivity contribution in [3.05, 3.63) is 47.9 Å². The number of hydrogen-bond acceptors (Lipinski definition) is 6. The van der Waals surface area contributed by atoms with Gasteiger partial charge in [-0.3, -0.25) is 4.79 Å². The van der Waals surface area contributed by atoms with Crippen molar-refractivity contribution in [2.24, 2.45) is 11.7 Å². The van der Waals surface area contributed by atoms with Gasteiger partial charge >= 0.3 is 6.09 Å². The Balaban J connectivity index is 1.29. The summed E-state index contributed by atoms with van der Waals surface area (Å²) in [6.45, 7) is 7.34. The summed E-state index contributed by atoms with van der Waals surface area (Å²) in [4.78, 5) is 32.1. The number of carbonyl (C=O) groups is 2. The first kappa shape index (κ1) is 28.7. The molecule has 39 heavy (non-hydrogen) atoms. The van der Waals surface area contributed by atoms with Crippen molar-refractivity contribution in [2.75, 3.05) is 26.2 Å². The molecule has 3 unspecified atom stereocenters. The van der Waals surface area contributed by atoms with Gasteiger partial charge in [-0.05, 0) is 75.6 Å². The largest absolute Gasteiger partial charge is 0.474 e. The first-order valence-electron chi connectivity index (χ1n) is 13.7. The fourth-order valence-corrected chi connectivity index (χ4v) is 5.10. The van der Waals surface area contributed by atoms with Crippen LogP contribution in [0.15, 0.2) is 36.5 Å². The number of nitrogens with zero attached hydrogens (tertiary/aromatic N) is 3. The molecule has 2 amide bonds. The number of alkyl halides is 1. The fraction of sp³-hybridized carbons (Fsp3) is 0.552. The highest BCUT2D eigenvalue weighted by Crippen LogP contribution is 2.27. The van der Waals surface area contributed by atoms with Gasteiger partial charge in [0.2, 0.25) is 11.8 Å². The summed E-state index contributed by atoms with van der Waals surface area (Å²) in [5, 5.41) is 0. The molecule has 1 aromatic carbocycles. The van der Waals surface area contributed by atoms with E-state index >= 15 is 0 Å². The molecule has 2 aliphatic rings. The van der Waals surface area contributed by atoms with Crippen LogP contribution in [-0.4, -0.2) is 77.4 Å². The Morgan fingerprint density at radius 1 is 1.05 bits per heavy atom. The lowest BCUT2D eigenvalue weighted by Crippen LogP contribution is -2.44. The summed E-state index contributed by atoms with van der Waals surface area (Å²) in [5.41, 5.74) is 7.71. The SMILES string of the molecule is CC(C)OC(=O)N1CCC(C(C)Oc2ccc(-c3ccc(CC(N)C(=O)N4CCC(F)C4)c(F)c3)cn2)CC1. The molecule has 0 aliphatic carbocycles. The summed E-state index contributed by atoms with van der Waals surface area (Å²) >= 11 is 0. The molecule has 0 radical (unpaired) electrons. The van der Waals surface area contributed by atoms with Gasteiger partial charge in [-0.15, -0.1) is 0 Å². The summed E-state index contributed by atoms with van der Waals surface area (Å²) in [5.74, 6) is -0.0461. The number of pyridine rings is 1. The average Bonchev–Trinajstić information content (AvgIpc) is 3.35. The normalized spacial score (nSPS) is 19.7. The number of piperidine rings is 1. The van der Waals surface area contributed by atoms with Crippen LogP contribution in [0.25, 0.3) is 11.1 Å². The maximum Gasteiger partial charge on any atom is 0.410 e. The minimum absolute atomic E-state index is 0.0408. The summed E-state index contributed by atoms with van der Waals surface area (Å²) in [6, 6.07) is 7.45. The first-order chi connectivity index (χ1) is 18.6. The second kappa shape index (κ2) is 12.7. The Bertz CT molecular complexity index is 1140. The monoisotopic (exact) mass is 544 g/mol. The minimum Gasteiger partial charge on any atom is -0.474 e. The van der Waals surface area contributed by atoms with Crippen LogP contribution >= 0.6 is 0 Å². The summed E-state index contributed by atoms with van der Waals surface area (Å²) < 4.78 is 39.6. The van der Waals surface area contributed by atoms with Gasteiger partial charge in [-0.25, -0.2) is 18.6 Å². The number of nitrogens with two attached hydrogens (primary N) is 1. The summed E-state index contributed by atoms with van der Waals surface area (Å²) in [7, 11) is 0. The molecule has 1 aromatic heterocycles. The Morgan fingerprint density at radius 2 is 1.74 bits per heavy atom. The van der Waals surface area contributed by atoms with Crippen LogP contribution in [0.2, 0.25) is 0 Å². The smallest absolute Gasteiger partial charge is 0.410 e. The molecule has 2 fully saturated rings. The highest BCUT2D eigenvalue weighted by atomic mass is 19.1. The number of rotatable bonds is 8. The van der Waals surface area contributed by atoms with Crippen LogP contribution < -0.4 is 10.5 Å². The highest BCUT2D eigenvalue weighted by molar-refractivity contribution is 5.82. The van der Waals surface area contributed by atoms with E-state index in [1.54, 1.807) is 29.3 Å². The molecule has 4 rings (SSSR count). The molecule has 3 heterocycles. The van der Waals surface area contributed by atoms with E-state index in [-0.39, 0.29) is 37.2 Å². The lowest BCUT2D eigenvalue weighted by Gasteiger charge is -2.34. The molecular weight excluding hydrogens is 506 g/mol. The number of likely N-dealkylation sites (tertiary alicyclic amines) is 2. The van der Waals surface area contributed by atoms with Crippen molar-refractivity contribution in [3.8, 4) is 17.0 Å². The minimum atomic E-state index is -1.02. The third kappa shape index (κ3) is 7.44. The Hall–Kier alpha value is -3.27. The van der Waals surface area contributed by atoms with Crippen molar-refractivity contribution in [1.29, 1.82) is 0 Å². The van der Waals surface area contributed by atoms with E-state index in [1.807, 2.05) is 26.8 Å². The molecule has 0 saturated carbocycles. The van der Waals surface area contributed by atoms with E-state index in [0.717, 1.165) is 18.4 Å². The molecule has 3 atom stereocenters. The number of benzene rings is 1. The molecule has 0 bridgehead atoms. The zero-order valence-electron chi connectivity index (χ0n) is 22.8. The van der Waals surface area contributed by atoms with E-state index in [2.05, 4.69) is 4.98 Å². The zero-order valence-corrected chi connectivity index (χ0v) is 22.8. The standard InChI is InChI=1S/C29H38F2N4O4/c1-18(2)38-29(37)34-11-8-20(9-12-34)19(3)39-27-7-6-23(16-33-27)21-4-5-22(25(31)14-21)15-26(32)28(36)35-13-10-24(30)17-35/h4-7,14,16,18-20,24,26H,8-13,15,17,32H2,1-3H3. The third-order valence-corrected chi connectivity index (χ3v) is 7.43. The van der Waals surface area contributed by atoms with Gasteiger partial charge in [0, 0.05) is 37.5 Å². The van der Waals surface area contributed by atoms with E-state index in [1.165, 1.54) is 11.0 Å². The Morgan fingerprint density at radius 3 is 2.33 bits per heavy atom. The lowest BCUT2D eigenvalue weighted by atomic mass is 9.92. The van der Waals surface area contributed by atoms with Crippen molar-refractivity contribution >= 4 is 12.0 Å². The third-order valence-electron chi connectivity index (χ3n) is 7.43. The molecule has 212 valence electrons. The molecular formula is C29H38F2N4O4. The van der Waals surface area contributed by atoms with E-state index in [0.29, 0.717) is 49.0 Å². The molecule has 2 N–H and O–H groups in total. The van der Waals surface area contributed by atoms with Crippen molar-refractivity contribution in [1.82, 2.24) is 14.8 Å². The number of amides is 2. The zero-order chi connectivity index (χ0) is 28.1. The molecule has 10 heteroatoms. The van der Waals surface area contributed by atoms with Crippen LogP contribution in [0, 0.1) is 11.7 Å². The highest BCUT2D eigenvalue weighted by Gasteiger charge is 2.30. The number of ether oxygens (including phenoxy) is 2. The van der Waals surface area contributed by atoms with Gasteiger partial charge in [0.1, 0.15) is 18.1 Å². The predicted octanol–water partition coefficient (Wildman–Crippen LogP) is 4.35. The van der Waals surface area contributed by atoms with Gasteiger partial charge in [0.25, 0.3) is 0 Å². The van der Waals surface area contributed by atoms with Crippen LogP contribution in [0.4, 0.5) is 13.6 Å². The Kier molecular flexibility index (Phi) is 9.37. The summed E-state index contributed by atoms with van der Waals surface area (Å²) in [6.07, 6.45) is 2.13. The maximum absolute atomic E-state index is 14.9. The van der Waals surface area contributed by atoms with Gasteiger partial charge in [-0.1, -0.05) is 12.1 Å². The second-order valence-electron chi connectivity index (χ2n) is 10.8. The molecule has 2 aromatic rings. The van der Waals surface area contributed by atoms with Gasteiger partial charge in [-0.2, -0.15) is 0 Å². The quantitative estimate of drug-likeness (QED) is 0.531. The molecule has 2 aliphatic heterocycles. The van der Waals surface area contributed by atoms with E-state index < -0.39 is 18.0 Å². The number of halogens is 2. The van der Waals surface area contributed by atoms with Crippen LogP contribution in [0.1, 0.15) is 45.6 Å². The molecule has 8 nitrogen and oxygen atoms in total. The van der Waals surface area contributed by atoms with Gasteiger partial charge in [0.05, 0.1) is 18.7 Å². The molecule has 0 spiro atoms. The number of hydrogen-bond donors (Lipinski definition) is 1. The van der Waals surface area contributed by atoms with Crippen molar-refractivity contribution < 1.29 is 27.8 Å². The molecule has 2 saturated heterocycles. The first-order valence-corrected chi connectivity index (χ1v) is 13.7. The maximum atomic E-state index is 14.9. The number of aromatic nitrogens is 1. The number of carbonyl (C=O) groups excluding carboxylic acids is 2. The van der Waals surface area contributed by atoms with Gasteiger partial charge < -0.3 is 25.0 Å². The average molecular weight is 545 g/mol. The van der Waals surface area contributed by atoms with Crippen LogP contribution in [0.5, 0.6) is 5.88 Å². The van der Waals surface area contributed by atoms with Crippen LogP contribution in [0.3, 0.4) is 0 Å². The topological polar surface area (TPSA) is 98.0 Å². The van der Waals surface area contributed by atoms with E-state index in [9.17, 15) is 18.4 Å². The Labute approximate surface area is 228 Å². The van der Waals surface area contributed by atoms with E-state index in [4.69, 9.17) is 15.2 Å². The van der Waals surface area contributed by atoms with Crippen molar-refractivity contribution in [2.45, 2.75) is 70.9 Å². The van der Waals surface area contributed by atoms with Crippen molar-refractivity contribution in [3.63, 3.8) is 0 Å². The van der Waals surface area contributed by atoms with Gasteiger partial charge in [0.15, 0.2) is 0 Å². The van der Waals surface area contributed by atoms with Crippen LogP contribution in [-0.2, 0) is 16.0 Å². The predicted molar refractivity (Wildman–Crippen MR) is 143 cm³/mol.